The Morgan fingerprint density at radius 1 is 1.57 bits per heavy atom. The highest BCUT2D eigenvalue weighted by Crippen LogP contribution is 1.93. The Kier molecular flexibility index (Phi) is 6.40. The Hall–Kier alpha value is -0.680. The van der Waals surface area contributed by atoms with Gasteiger partial charge in [-0.05, 0) is 20.9 Å². The molecule has 0 spiro atoms. The quantitative estimate of drug-likeness (QED) is 0.521. The molecule has 5 heteroatoms. The maximum atomic E-state index is 11.2. The Labute approximate surface area is 90.4 Å². The van der Waals surface area contributed by atoms with E-state index < -0.39 is 0 Å². The van der Waals surface area contributed by atoms with E-state index in [0.717, 1.165) is 0 Å². The van der Waals surface area contributed by atoms with Gasteiger partial charge in [0.25, 0.3) is 0 Å². The van der Waals surface area contributed by atoms with Gasteiger partial charge in [0.1, 0.15) is 0 Å². The van der Waals surface area contributed by atoms with Crippen LogP contribution < -0.4 is 5.73 Å². The summed E-state index contributed by atoms with van der Waals surface area (Å²) in [7, 11) is 1.83. The highest BCUT2D eigenvalue weighted by molar-refractivity contribution is 7.80. The van der Waals surface area contributed by atoms with Gasteiger partial charge in [0.05, 0.1) is 17.6 Å². The molecule has 0 saturated carbocycles. The van der Waals surface area contributed by atoms with Crippen LogP contribution in [0.15, 0.2) is 0 Å². The summed E-state index contributed by atoms with van der Waals surface area (Å²) in [4.78, 5) is 13.5. The first-order valence-corrected chi connectivity index (χ1v) is 4.99. The van der Waals surface area contributed by atoms with E-state index in [9.17, 15) is 4.79 Å². The summed E-state index contributed by atoms with van der Waals surface area (Å²) in [6, 6.07) is 0. The highest BCUT2D eigenvalue weighted by atomic mass is 32.1. The highest BCUT2D eigenvalue weighted by Gasteiger charge is 2.09. The second-order valence-electron chi connectivity index (χ2n) is 3.49. The third-order valence-electron chi connectivity index (χ3n) is 1.51. The maximum absolute atomic E-state index is 11.2. The third kappa shape index (κ3) is 7.94. The van der Waals surface area contributed by atoms with Gasteiger partial charge in [-0.25, -0.2) is 0 Å². The van der Waals surface area contributed by atoms with Gasteiger partial charge in [0, 0.05) is 13.0 Å². The van der Waals surface area contributed by atoms with Crippen molar-refractivity contribution in [1.82, 2.24) is 4.90 Å². The number of nitrogens with zero attached hydrogens (tertiary/aromatic N) is 1. The predicted molar refractivity (Wildman–Crippen MR) is 60.1 cm³/mol. The van der Waals surface area contributed by atoms with Gasteiger partial charge in [-0.15, -0.1) is 0 Å². The zero-order valence-electron chi connectivity index (χ0n) is 8.95. The molecule has 0 amide bonds. The molecule has 0 heterocycles. The lowest BCUT2D eigenvalue weighted by Gasteiger charge is -2.16. The lowest BCUT2D eigenvalue weighted by molar-refractivity contribution is -0.148. The number of thiocarbonyl (C=S) groups is 1. The lowest BCUT2D eigenvalue weighted by Crippen LogP contribution is -2.31. The number of likely N-dealkylation sites (N-methyl/N-ethyl adjacent to an activating group) is 1. The molecule has 0 aliphatic heterocycles. The maximum Gasteiger partial charge on any atom is 0.320 e. The molecular formula is C9H18N2O2S. The van der Waals surface area contributed by atoms with E-state index in [2.05, 4.69) is 0 Å². The van der Waals surface area contributed by atoms with Crippen molar-refractivity contribution in [3.63, 3.8) is 0 Å². The molecule has 14 heavy (non-hydrogen) atoms. The Morgan fingerprint density at radius 2 is 2.14 bits per heavy atom. The summed E-state index contributed by atoms with van der Waals surface area (Å²) in [6.45, 7) is 4.61. The predicted octanol–water partition coefficient (Wildman–Crippen LogP) is 0.546. The van der Waals surface area contributed by atoms with Crippen molar-refractivity contribution in [3.05, 3.63) is 0 Å². The lowest BCUT2D eigenvalue weighted by atomic mass is 10.4. The van der Waals surface area contributed by atoms with Crippen molar-refractivity contribution in [2.45, 2.75) is 26.4 Å². The molecule has 0 aliphatic carbocycles. The Bertz CT molecular complexity index is 207. The van der Waals surface area contributed by atoms with E-state index in [0.29, 0.717) is 18.0 Å². The fraction of sp³-hybridized carbons (Fsp3) is 0.778. The van der Waals surface area contributed by atoms with Crippen LogP contribution in [-0.2, 0) is 9.53 Å². The van der Waals surface area contributed by atoms with Gasteiger partial charge in [-0.3, -0.25) is 9.69 Å². The normalized spacial score (nSPS) is 10.6. The molecule has 0 aromatic rings. The Balaban J connectivity index is 3.65. The summed E-state index contributed by atoms with van der Waals surface area (Å²) < 4.78 is 4.98. The molecule has 0 unspecified atom stereocenters. The van der Waals surface area contributed by atoms with E-state index in [4.69, 9.17) is 22.7 Å². The number of hydrogen-bond donors (Lipinski definition) is 1. The van der Waals surface area contributed by atoms with Gasteiger partial charge in [0.2, 0.25) is 0 Å². The van der Waals surface area contributed by atoms with Gasteiger partial charge in [-0.2, -0.15) is 0 Å². The van der Waals surface area contributed by atoms with Crippen LogP contribution >= 0.6 is 12.2 Å². The third-order valence-corrected chi connectivity index (χ3v) is 1.71. The van der Waals surface area contributed by atoms with Gasteiger partial charge in [0.15, 0.2) is 0 Å². The molecule has 0 aromatic heterocycles. The van der Waals surface area contributed by atoms with Crippen LogP contribution in [0.4, 0.5) is 0 Å². The number of esters is 1. The first kappa shape index (κ1) is 13.3. The SMILES string of the molecule is CC(C)OC(=O)CN(C)CCC(N)=S. The molecule has 2 N–H and O–H groups in total. The zero-order chi connectivity index (χ0) is 11.1. The molecule has 4 nitrogen and oxygen atoms in total. The summed E-state index contributed by atoms with van der Waals surface area (Å²) in [5, 5.41) is 0. The van der Waals surface area contributed by atoms with Gasteiger partial charge in [-0.1, -0.05) is 12.2 Å². The van der Waals surface area contributed by atoms with Crippen LogP contribution in [0.2, 0.25) is 0 Å². The second-order valence-corrected chi connectivity index (χ2v) is 4.02. The largest absolute Gasteiger partial charge is 0.462 e. The van der Waals surface area contributed by atoms with Crippen LogP contribution in [0.1, 0.15) is 20.3 Å². The van der Waals surface area contributed by atoms with E-state index in [1.54, 1.807) is 0 Å². The summed E-state index contributed by atoms with van der Waals surface area (Å²) in [6.07, 6.45) is 0.562. The number of nitrogens with two attached hydrogens (primary N) is 1. The minimum atomic E-state index is -0.217. The molecule has 0 aromatic carbocycles. The fourth-order valence-electron chi connectivity index (χ4n) is 0.901. The molecule has 82 valence electrons. The van der Waals surface area contributed by atoms with E-state index in [-0.39, 0.29) is 18.6 Å². The van der Waals surface area contributed by atoms with Crippen molar-refractivity contribution in [3.8, 4) is 0 Å². The first-order valence-electron chi connectivity index (χ1n) is 4.58. The number of ether oxygens (including phenoxy) is 1. The molecule has 0 aliphatic rings. The second kappa shape index (κ2) is 6.73. The van der Waals surface area contributed by atoms with Crippen LogP contribution in [0, 0.1) is 0 Å². The smallest absolute Gasteiger partial charge is 0.320 e. The zero-order valence-corrected chi connectivity index (χ0v) is 9.76. The van der Waals surface area contributed by atoms with Crippen LogP contribution in [0.5, 0.6) is 0 Å². The molecule has 0 rings (SSSR count). The van der Waals surface area contributed by atoms with Crippen molar-refractivity contribution >= 4 is 23.2 Å². The Morgan fingerprint density at radius 3 is 2.57 bits per heavy atom. The van der Waals surface area contributed by atoms with Crippen LogP contribution in [-0.4, -0.2) is 42.1 Å². The van der Waals surface area contributed by atoms with Crippen molar-refractivity contribution < 1.29 is 9.53 Å². The molecule has 0 radical (unpaired) electrons. The van der Waals surface area contributed by atoms with Crippen molar-refractivity contribution in [2.24, 2.45) is 5.73 Å². The van der Waals surface area contributed by atoms with E-state index in [1.165, 1.54) is 0 Å². The minimum absolute atomic E-state index is 0.0634. The number of carbonyl (C=O) groups excluding carboxylic acids is 1. The summed E-state index contributed by atoms with van der Waals surface area (Å²) in [5.41, 5.74) is 5.34. The molecule has 0 fully saturated rings. The topological polar surface area (TPSA) is 55.6 Å². The van der Waals surface area contributed by atoms with E-state index in [1.807, 2.05) is 25.8 Å². The number of rotatable bonds is 6. The molecule has 0 bridgehead atoms. The van der Waals surface area contributed by atoms with Crippen LogP contribution in [0.25, 0.3) is 0 Å². The fourth-order valence-corrected chi connectivity index (χ4v) is 0.992. The summed E-state index contributed by atoms with van der Waals surface area (Å²) >= 11 is 4.73. The van der Waals surface area contributed by atoms with Gasteiger partial charge < -0.3 is 10.5 Å². The number of carbonyl (C=O) groups is 1. The van der Waals surface area contributed by atoms with Crippen molar-refractivity contribution in [1.29, 1.82) is 0 Å². The van der Waals surface area contributed by atoms with Gasteiger partial charge >= 0.3 is 5.97 Å². The minimum Gasteiger partial charge on any atom is -0.462 e. The molecular weight excluding hydrogens is 200 g/mol. The molecule has 0 atom stereocenters. The number of hydrogen-bond acceptors (Lipinski definition) is 4. The van der Waals surface area contributed by atoms with Crippen molar-refractivity contribution in [2.75, 3.05) is 20.1 Å². The standard InChI is InChI=1S/C9H18N2O2S/c1-7(2)13-9(12)6-11(3)5-4-8(10)14/h7H,4-6H2,1-3H3,(H2,10,14). The van der Waals surface area contributed by atoms with Crippen LogP contribution in [0.3, 0.4) is 0 Å². The summed E-state index contributed by atoms with van der Waals surface area (Å²) in [5.74, 6) is -0.217. The molecule has 0 saturated heterocycles. The average Bonchev–Trinajstić information content (AvgIpc) is 1.98. The first-order chi connectivity index (χ1) is 6.41. The average molecular weight is 218 g/mol. The monoisotopic (exact) mass is 218 g/mol. The van der Waals surface area contributed by atoms with E-state index >= 15 is 0 Å².